The average molecular weight is 185 g/mol. The normalized spacial score (nSPS) is 9.93. The minimum Gasteiger partial charge on any atom is -0.440 e. The Kier molecular flexibility index (Phi) is 2.01. The van der Waals surface area contributed by atoms with Gasteiger partial charge in [0.2, 0.25) is 0 Å². The lowest BCUT2D eigenvalue weighted by molar-refractivity contribution is 0.560. The molecule has 1 aromatic carbocycles. The molecule has 1 heterocycles. The molecule has 0 atom stereocenters. The van der Waals surface area contributed by atoms with Gasteiger partial charge in [-0.25, -0.2) is 4.98 Å². The lowest BCUT2D eigenvalue weighted by atomic mass is 10.1. The molecule has 0 aliphatic heterocycles. The second-order valence-electron chi connectivity index (χ2n) is 3.22. The molecule has 2 rings (SSSR count). The van der Waals surface area contributed by atoms with E-state index in [1.54, 1.807) is 0 Å². The highest BCUT2D eigenvalue weighted by molar-refractivity contribution is 5.82. The maximum atomic E-state index is 5.52. The van der Waals surface area contributed by atoms with Crippen LogP contribution in [0.1, 0.15) is 23.9 Å². The predicted octanol–water partition coefficient (Wildman–Crippen LogP) is 2.82. The number of rotatable bonds is 0. The van der Waals surface area contributed by atoms with E-state index in [-0.39, 0.29) is 0 Å². The number of nitrogens with zero attached hydrogens (tertiary/aromatic N) is 1. The highest BCUT2D eigenvalue weighted by Crippen LogP contribution is 2.22. The van der Waals surface area contributed by atoms with E-state index in [1.807, 2.05) is 32.9 Å². The fourth-order valence-electron chi connectivity index (χ4n) is 1.47. The zero-order chi connectivity index (χ0) is 10.1. The van der Waals surface area contributed by atoms with Crippen molar-refractivity contribution in [1.29, 1.82) is 0 Å². The van der Waals surface area contributed by atoms with E-state index in [1.165, 1.54) is 0 Å². The topological polar surface area (TPSA) is 26.0 Å². The molecule has 0 bridgehead atoms. The molecule has 0 spiro atoms. The molecule has 2 nitrogen and oxygen atoms in total. The molecule has 0 aliphatic carbocycles. The monoisotopic (exact) mass is 185 g/mol. The first-order valence-electron chi connectivity index (χ1n) is 4.52. The zero-order valence-corrected chi connectivity index (χ0v) is 8.51. The lowest BCUT2D eigenvalue weighted by Crippen LogP contribution is -1.80. The van der Waals surface area contributed by atoms with Gasteiger partial charge in [-0.1, -0.05) is 12.0 Å². The van der Waals surface area contributed by atoms with Gasteiger partial charge in [-0.15, -0.1) is 5.92 Å². The number of oxazole rings is 1. The minimum atomic E-state index is 0.688. The summed E-state index contributed by atoms with van der Waals surface area (Å²) in [6.07, 6.45) is 0. The van der Waals surface area contributed by atoms with Gasteiger partial charge in [0.05, 0.1) is 5.56 Å². The highest BCUT2D eigenvalue weighted by atomic mass is 16.3. The molecule has 0 saturated carbocycles. The van der Waals surface area contributed by atoms with E-state index in [9.17, 15) is 0 Å². The van der Waals surface area contributed by atoms with Crippen molar-refractivity contribution in [3.63, 3.8) is 0 Å². The quantitative estimate of drug-likeness (QED) is 0.590. The second-order valence-corrected chi connectivity index (χ2v) is 3.22. The van der Waals surface area contributed by atoms with Gasteiger partial charge in [0.25, 0.3) is 0 Å². The van der Waals surface area contributed by atoms with E-state index in [0.717, 1.165) is 22.2 Å². The molecule has 0 radical (unpaired) electrons. The number of aryl methyl sites for hydroxylation is 2. The summed E-state index contributed by atoms with van der Waals surface area (Å²) in [5, 5.41) is 0. The fraction of sp³-hybridized carbons (Fsp3) is 0.250. The van der Waals surface area contributed by atoms with Gasteiger partial charge in [0.1, 0.15) is 5.52 Å². The first-order chi connectivity index (χ1) is 6.72. The largest absolute Gasteiger partial charge is 0.440 e. The summed E-state index contributed by atoms with van der Waals surface area (Å²) >= 11 is 0. The molecular weight excluding hydrogens is 174 g/mol. The van der Waals surface area contributed by atoms with Crippen molar-refractivity contribution in [1.82, 2.24) is 4.98 Å². The number of hydrogen-bond acceptors (Lipinski definition) is 2. The average Bonchev–Trinajstić information content (AvgIpc) is 2.53. The summed E-state index contributed by atoms with van der Waals surface area (Å²) in [5.74, 6) is 6.56. The zero-order valence-electron chi connectivity index (χ0n) is 8.51. The van der Waals surface area contributed by atoms with Gasteiger partial charge < -0.3 is 4.42 Å². The molecule has 0 unspecified atom stereocenters. The summed E-state index contributed by atoms with van der Waals surface area (Å²) in [6.45, 7) is 5.69. The van der Waals surface area contributed by atoms with Gasteiger partial charge in [-0.2, -0.15) is 0 Å². The van der Waals surface area contributed by atoms with Crippen LogP contribution in [-0.2, 0) is 0 Å². The molecule has 2 aromatic rings. The Labute approximate surface area is 83.0 Å². The summed E-state index contributed by atoms with van der Waals surface area (Å²) in [6, 6.07) is 3.99. The highest BCUT2D eigenvalue weighted by Gasteiger charge is 2.08. The molecule has 0 aliphatic rings. The molecular formula is C12H11NO. The smallest absolute Gasteiger partial charge is 0.192 e. The Morgan fingerprint density at radius 1 is 1.29 bits per heavy atom. The van der Waals surface area contributed by atoms with Crippen molar-refractivity contribution < 1.29 is 4.42 Å². The summed E-state index contributed by atoms with van der Waals surface area (Å²) in [5.41, 5.74) is 3.76. The van der Waals surface area contributed by atoms with Crippen LogP contribution in [0.25, 0.3) is 11.1 Å². The maximum absolute atomic E-state index is 5.52. The van der Waals surface area contributed by atoms with Gasteiger partial charge >= 0.3 is 0 Å². The SMILES string of the molecule is CC#Cc1ccc(C)c2nc(C)oc12. The summed E-state index contributed by atoms with van der Waals surface area (Å²) in [4.78, 5) is 4.32. The first kappa shape index (κ1) is 8.83. The molecule has 0 saturated heterocycles. The van der Waals surface area contributed by atoms with Crippen molar-refractivity contribution in [2.75, 3.05) is 0 Å². The molecule has 0 amide bonds. The van der Waals surface area contributed by atoms with Crippen LogP contribution in [0, 0.1) is 25.7 Å². The van der Waals surface area contributed by atoms with Gasteiger partial charge in [0, 0.05) is 6.92 Å². The second kappa shape index (κ2) is 3.19. The van der Waals surface area contributed by atoms with Crippen LogP contribution in [0.4, 0.5) is 0 Å². The Morgan fingerprint density at radius 2 is 2.07 bits per heavy atom. The van der Waals surface area contributed by atoms with Crippen LogP contribution in [0.2, 0.25) is 0 Å². The van der Waals surface area contributed by atoms with E-state index in [2.05, 4.69) is 16.8 Å². The van der Waals surface area contributed by atoms with Crippen LogP contribution >= 0.6 is 0 Å². The third-order valence-electron chi connectivity index (χ3n) is 2.11. The molecule has 70 valence electrons. The van der Waals surface area contributed by atoms with Crippen LogP contribution in [0.3, 0.4) is 0 Å². The van der Waals surface area contributed by atoms with Crippen molar-refractivity contribution >= 4 is 11.1 Å². The molecule has 0 fully saturated rings. The minimum absolute atomic E-state index is 0.688. The van der Waals surface area contributed by atoms with Crippen LogP contribution in [0.5, 0.6) is 0 Å². The molecule has 0 N–H and O–H groups in total. The number of benzene rings is 1. The van der Waals surface area contributed by atoms with Crippen molar-refractivity contribution in [3.05, 3.63) is 29.2 Å². The lowest BCUT2D eigenvalue weighted by Gasteiger charge is -1.94. The number of fused-ring (bicyclic) bond motifs is 1. The van der Waals surface area contributed by atoms with Crippen molar-refractivity contribution in [2.45, 2.75) is 20.8 Å². The third kappa shape index (κ3) is 1.27. The molecule has 14 heavy (non-hydrogen) atoms. The van der Waals surface area contributed by atoms with Crippen molar-refractivity contribution in [3.8, 4) is 11.8 Å². The van der Waals surface area contributed by atoms with Gasteiger partial charge in [0.15, 0.2) is 11.5 Å². The van der Waals surface area contributed by atoms with Crippen LogP contribution in [-0.4, -0.2) is 4.98 Å². The number of aromatic nitrogens is 1. The number of hydrogen-bond donors (Lipinski definition) is 0. The third-order valence-corrected chi connectivity index (χ3v) is 2.11. The summed E-state index contributed by atoms with van der Waals surface area (Å²) in [7, 11) is 0. The standard InChI is InChI=1S/C12H11NO/c1-4-5-10-7-6-8(2)11-12(10)14-9(3)13-11/h6-7H,1-3H3. The summed E-state index contributed by atoms with van der Waals surface area (Å²) < 4.78 is 5.52. The molecule has 1 aromatic heterocycles. The van der Waals surface area contributed by atoms with Gasteiger partial charge in [-0.3, -0.25) is 0 Å². The van der Waals surface area contributed by atoms with Crippen molar-refractivity contribution in [2.24, 2.45) is 0 Å². The Hall–Kier alpha value is -1.75. The van der Waals surface area contributed by atoms with E-state index in [0.29, 0.717) is 5.89 Å². The fourth-order valence-corrected chi connectivity index (χ4v) is 1.47. The van der Waals surface area contributed by atoms with Crippen LogP contribution < -0.4 is 0 Å². The van der Waals surface area contributed by atoms with E-state index in [4.69, 9.17) is 4.42 Å². The van der Waals surface area contributed by atoms with E-state index < -0.39 is 0 Å². The Morgan fingerprint density at radius 3 is 2.79 bits per heavy atom. The Balaban J connectivity index is 2.85. The van der Waals surface area contributed by atoms with Crippen LogP contribution in [0.15, 0.2) is 16.5 Å². The predicted molar refractivity (Wildman–Crippen MR) is 56.0 cm³/mol. The maximum Gasteiger partial charge on any atom is 0.192 e. The first-order valence-corrected chi connectivity index (χ1v) is 4.52. The Bertz CT molecular complexity index is 540. The van der Waals surface area contributed by atoms with Gasteiger partial charge in [-0.05, 0) is 25.5 Å². The van der Waals surface area contributed by atoms with E-state index >= 15 is 0 Å². The molecule has 2 heteroatoms.